The van der Waals surface area contributed by atoms with Crippen LogP contribution < -0.4 is 0 Å². The van der Waals surface area contributed by atoms with Gasteiger partial charge in [-0.05, 0) is 44.6 Å². The van der Waals surface area contributed by atoms with Crippen molar-refractivity contribution in [3.63, 3.8) is 0 Å². The number of rotatable bonds is 4. The van der Waals surface area contributed by atoms with Crippen molar-refractivity contribution in [1.29, 1.82) is 0 Å². The van der Waals surface area contributed by atoms with Crippen molar-refractivity contribution < 1.29 is 9.53 Å². The maximum absolute atomic E-state index is 12.0. The Morgan fingerprint density at radius 3 is 2.38 bits per heavy atom. The second-order valence-electron chi connectivity index (χ2n) is 7.15. The number of carbonyl (C=O) groups excluding carboxylic acids is 1. The number of nitrogens with zero attached hydrogens (tertiary/aromatic N) is 3. The summed E-state index contributed by atoms with van der Waals surface area (Å²) in [5, 5.41) is 8.38. The van der Waals surface area contributed by atoms with Gasteiger partial charge in [0.25, 0.3) is 0 Å². The Hall–Kier alpha value is -1.65. The molecule has 2 fully saturated rings. The van der Waals surface area contributed by atoms with Gasteiger partial charge in [-0.2, -0.15) is 0 Å². The second kappa shape index (κ2) is 9.00. The molecule has 3 rings (SSSR count). The van der Waals surface area contributed by atoms with Gasteiger partial charge in [-0.1, -0.05) is 43.7 Å². The Kier molecular flexibility index (Phi) is 6.44. The molecule has 5 heteroatoms. The van der Waals surface area contributed by atoms with Gasteiger partial charge in [-0.3, -0.25) is 0 Å². The van der Waals surface area contributed by atoms with Gasteiger partial charge < -0.3 is 4.74 Å². The number of hydrogen-bond acceptors (Lipinski definition) is 4. The molecule has 0 unspecified atom stereocenters. The Morgan fingerprint density at radius 1 is 1.00 bits per heavy atom. The van der Waals surface area contributed by atoms with Crippen LogP contribution in [0.1, 0.15) is 88.8 Å². The third kappa shape index (κ3) is 5.18. The third-order valence-electron chi connectivity index (χ3n) is 5.20. The third-order valence-corrected chi connectivity index (χ3v) is 5.20. The summed E-state index contributed by atoms with van der Waals surface area (Å²) < 4.78 is 7.55. The predicted molar refractivity (Wildman–Crippen MR) is 93.4 cm³/mol. The van der Waals surface area contributed by atoms with Crippen LogP contribution in [0.5, 0.6) is 0 Å². The first-order chi connectivity index (χ1) is 11.8. The van der Waals surface area contributed by atoms with Gasteiger partial charge in [-0.15, -0.1) is 5.10 Å². The quantitative estimate of drug-likeness (QED) is 0.604. The average Bonchev–Trinajstić information content (AvgIpc) is 3.05. The highest BCUT2D eigenvalue weighted by molar-refractivity contribution is 5.86. The molecule has 2 aliphatic rings. The van der Waals surface area contributed by atoms with E-state index < -0.39 is 0 Å². The molecule has 2 saturated carbocycles. The zero-order valence-corrected chi connectivity index (χ0v) is 14.5. The Labute approximate surface area is 144 Å². The zero-order chi connectivity index (χ0) is 16.6. The van der Waals surface area contributed by atoms with Gasteiger partial charge >= 0.3 is 5.97 Å². The van der Waals surface area contributed by atoms with Crippen molar-refractivity contribution in [3.8, 4) is 0 Å². The standard InChI is InChI=1S/C19H29N3O2/c23-19(24-18-11-7-2-1-3-8-12-18)14-13-16-15-22(21-20-16)17-9-5-4-6-10-17/h13-15,17-18H,1-12H2/b14-13-. The summed E-state index contributed by atoms with van der Waals surface area (Å²) in [6, 6.07) is 0.468. The smallest absolute Gasteiger partial charge is 0.331 e. The van der Waals surface area contributed by atoms with Gasteiger partial charge in [0.2, 0.25) is 0 Å². The number of esters is 1. The van der Waals surface area contributed by atoms with E-state index in [0.717, 1.165) is 31.4 Å². The van der Waals surface area contributed by atoms with Crippen LogP contribution in [0.4, 0.5) is 0 Å². The lowest BCUT2D eigenvalue weighted by atomic mass is 9.96. The summed E-state index contributed by atoms with van der Waals surface area (Å²) in [5.74, 6) is -0.257. The lowest BCUT2D eigenvalue weighted by Crippen LogP contribution is -2.18. The monoisotopic (exact) mass is 331 g/mol. The molecule has 0 N–H and O–H groups in total. The van der Waals surface area contributed by atoms with Crippen molar-refractivity contribution in [2.45, 2.75) is 89.2 Å². The van der Waals surface area contributed by atoms with Crippen LogP contribution in [0.2, 0.25) is 0 Å². The van der Waals surface area contributed by atoms with Gasteiger partial charge in [0.05, 0.1) is 12.2 Å². The van der Waals surface area contributed by atoms with Crippen LogP contribution >= 0.6 is 0 Å². The molecule has 1 heterocycles. The molecule has 0 atom stereocenters. The number of hydrogen-bond donors (Lipinski definition) is 0. The minimum absolute atomic E-state index is 0.0837. The number of carbonyl (C=O) groups is 1. The van der Waals surface area contributed by atoms with Crippen molar-refractivity contribution in [1.82, 2.24) is 15.0 Å². The van der Waals surface area contributed by atoms with Gasteiger partial charge in [0.15, 0.2) is 0 Å². The van der Waals surface area contributed by atoms with Crippen molar-refractivity contribution in [2.75, 3.05) is 0 Å². The first-order valence-electron chi connectivity index (χ1n) is 9.62. The SMILES string of the molecule is O=C(/C=C\c1cn(C2CCCCC2)nn1)OC1CCCCCCC1. The minimum Gasteiger partial charge on any atom is -0.459 e. The molecule has 1 aromatic heterocycles. The summed E-state index contributed by atoms with van der Waals surface area (Å²) in [4.78, 5) is 12.0. The Bertz CT molecular complexity index is 539. The molecule has 0 spiro atoms. The fraction of sp³-hybridized carbons (Fsp3) is 0.737. The first-order valence-corrected chi connectivity index (χ1v) is 9.62. The maximum Gasteiger partial charge on any atom is 0.331 e. The van der Waals surface area contributed by atoms with Crippen LogP contribution in [0.15, 0.2) is 12.3 Å². The van der Waals surface area contributed by atoms with Crippen molar-refractivity contribution >= 4 is 12.0 Å². The van der Waals surface area contributed by atoms with E-state index in [4.69, 9.17) is 4.74 Å². The summed E-state index contributed by atoms with van der Waals surface area (Å²) in [5.41, 5.74) is 0.732. The maximum atomic E-state index is 12.0. The van der Waals surface area contributed by atoms with E-state index in [9.17, 15) is 4.79 Å². The molecule has 1 aromatic rings. The molecule has 5 nitrogen and oxygen atoms in total. The molecule has 132 valence electrons. The van der Waals surface area contributed by atoms with Gasteiger partial charge in [0.1, 0.15) is 11.8 Å². The zero-order valence-electron chi connectivity index (χ0n) is 14.5. The first kappa shape index (κ1) is 17.2. The average molecular weight is 331 g/mol. The van der Waals surface area contributed by atoms with Crippen LogP contribution in [0.25, 0.3) is 6.08 Å². The van der Waals surface area contributed by atoms with E-state index in [0.29, 0.717) is 6.04 Å². The largest absolute Gasteiger partial charge is 0.459 e. The molecular formula is C19H29N3O2. The normalized spacial score (nSPS) is 21.5. The van der Waals surface area contributed by atoms with E-state index in [2.05, 4.69) is 10.3 Å². The highest BCUT2D eigenvalue weighted by Gasteiger charge is 2.17. The van der Waals surface area contributed by atoms with E-state index in [-0.39, 0.29) is 12.1 Å². The summed E-state index contributed by atoms with van der Waals surface area (Å²) in [7, 11) is 0. The highest BCUT2D eigenvalue weighted by atomic mass is 16.5. The van der Waals surface area contributed by atoms with Crippen LogP contribution in [-0.2, 0) is 9.53 Å². The fourth-order valence-corrected chi connectivity index (χ4v) is 3.78. The van der Waals surface area contributed by atoms with Gasteiger partial charge in [-0.25, -0.2) is 9.48 Å². The van der Waals surface area contributed by atoms with Crippen LogP contribution in [-0.4, -0.2) is 27.1 Å². The van der Waals surface area contributed by atoms with E-state index >= 15 is 0 Å². The minimum atomic E-state index is -0.257. The topological polar surface area (TPSA) is 57.0 Å². The molecule has 0 bridgehead atoms. The second-order valence-corrected chi connectivity index (χ2v) is 7.15. The van der Waals surface area contributed by atoms with E-state index in [1.165, 1.54) is 57.4 Å². The molecule has 2 aliphatic carbocycles. The number of aromatic nitrogens is 3. The lowest BCUT2D eigenvalue weighted by molar-refractivity contribution is -0.143. The van der Waals surface area contributed by atoms with Crippen molar-refractivity contribution in [3.05, 3.63) is 18.0 Å². The number of ether oxygens (including phenoxy) is 1. The van der Waals surface area contributed by atoms with Crippen molar-refractivity contribution in [2.24, 2.45) is 0 Å². The predicted octanol–water partition coefficient (Wildman–Crippen LogP) is 4.45. The Morgan fingerprint density at radius 2 is 1.62 bits per heavy atom. The molecule has 0 saturated heterocycles. The molecule has 0 aromatic carbocycles. The van der Waals surface area contributed by atoms with E-state index in [1.807, 2.05) is 10.9 Å². The molecule has 0 amide bonds. The highest BCUT2D eigenvalue weighted by Crippen LogP contribution is 2.27. The molecule has 24 heavy (non-hydrogen) atoms. The van der Waals surface area contributed by atoms with Crippen LogP contribution in [0.3, 0.4) is 0 Å². The molecule has 0 radical (unpaired) electrons. The summed E-state index contributed by atoms with van der Waals surface area (Å²) >= 11 is 0. The summed E-state index contributed by atoms with van der Waals surface area (Å²) in [6.07, 6.45) is 19.6. The molecule has 0 aliphatic heterocycles. The fourth-order valence-electron chi connectivity index (χ4n) is 3.78. The molecular weight excluding hydrogens is 302 g/mol. The Balaban J connectivity index is 1.49. The lowest BCUT2D eigenvalue weighted by Gasteiger charge is -2.20. The van der Waals surface area contributed by atoms with Gasteiger partial charge in [0, 0.05) is 6.08 Å². The van der Waals surface area contributed by atoms with E-state index in [1.54, 1.807) is 6.08 Å². The van der Waals surface area contributed by atoms with Crippen LogP contribution in [0, 0.1) is 0 Å². The summed E-state index contributed by atoms with van der Waals surface area (Å²) in [6.45, 7) is 0.